The van der Waals surface area contributed by atoms with Crippen LogP contribution in [0.2, 0.25) is 0 Å². The molecule has 2 rings (SSSR count). The van der Waals surface area contributed by atoms with Crippen LogP contribution < -0.4 is 4.90 Å². The summed E-state index contributed by atoms with van der Waals surface area (Å²) in [5.41, 5.74) is 0.792. The van der Waals surface area contributed by atoms with Gasteiger partial charge in [-0.25, -0.2) is 4.98 Å². The molecule has 96 valence electrons. The van der Waals surface area contributed by atoms with Gasteiger partial charge in [-0.2, -0.15) is 0 Å². The van der Waals surface area contributed by atoms with Crippen molar-refractivity contribution in [3.8, 4) is 0 Å². The molecule has 0 bridgehead atoms. The third-order valence-electron chi connectivity index (χ3n) is 2.48. The van der Waals surface area contributed by atoms with Gasteiger partial charge in [-0.15, -0.1) is 0 Å². The largest absolute Gasteiger partial charge is 0.311 e. The van der Waals surface area contributed by atoms with E-state index in [4.69, 9.17) is 0 Å². The van der Waals surface area contributed by atoms with Gasteiger partial charge in [-0.1, -0.05) is 11.8 Å². The summed E-state index contributed by atoms with van der Waals surface area (Å²) in [6, 6.07) is 3.59. The predicted octanol–water partition coefficient (Wildman–Crippen LogP) is 2.99. The predicted molar refractivity (Wildman–Crippen MR) is 78.7 cm³/mol. The van der Waals surface area contributed by atoms with Gasteiger partial charge in [0.15, 0.2) is 5.12 Å². The third-order valence-corrected chi connectivity index (χ3v) is 4.27. The van der Waals surface area contributed by atoms with Gasteiger partial charge < -0.3 is 4.90 Å². The lowest BCUT2D eigenvalue weighted by molar-refractivity contribution is -0.117. The van der Waals surface area contributed by atoms with Crippen LogP contribution in [0.15, 0.2) is 21.3 Å². The van der Waals surface area contributed by atoms with Crippen LogP contribution in [0, 0.1) is 0 Å². The van der Waals surface area contributed by atoms with Crippen LogP contribution >= 0.6 is 43.6 Å². The number of nitrogens with zero attached hydrogens (tertiary/aromatic N) is 2. The number of halogens is 2. The minimum atomic E-state index is 0.0405. The number of anilines is 1. The van der Waals surface area contributed by atoms with E-state index in [1.165, 1.54) is 18.7 Å². The molecule has 0 radical (unpaired) electrons. The summed E-state index contributed by atoms with van der Waals surface area (Å²) in [4.78, 5) is 28.8. The Kier molecular flexibility index (Phi) is 4.45. The molecule has 1 aliphatic rings. The van der Waals surface area contributed by atoms with Crippen molar-refractivity contribution in [2.24, 2.45) is 0 Å². The third kappa shape index (κ3) is 3.33. The topological polar surface area (TPSA) is 50.3 Å². The number of thioether (sulfide) groups is 1. The summed E-state index contributed by atoms with van der Waals surface area (Å²) in [6.07, 6.45) is 0.405. The lowest BCUT2D eigenvalue weighted by Gasteiger charge is -2.16. The minimum Gasteiger partial charge on any atom is -0.311 e. The molecule has 0 aromatic carbocycles. The molecule has 1 amide bonds. The number of amides is 1. The number of hydrogen-bond acceptors (Lipinski definition) is 4. The number of aromatic nitrogens is 1. The summed E-state index contributed by atoms with van der Waals surface area (Å²) in [7, 11) is 0. The van der Waals surface area contributed by atoms with E-state index in [1.54, 1.807) is 17.0 Å². The molecule has 1 unspecified atom stereocenters. The highest BCUT2D eigenvalue weighted by atomic mass is 79.9. The molecule has 1 aromatic rings. The first-order chi connectivity index (χ1) is 8.45. The van der Waals surface area contributed by atoms with E-state index in [0.717, 1.165) is 5.69 Å². The molecule has 1 aliphatic heterocycles. The minimum absolute atomic E-state index is 0.0405. The van der Waals surface area contributed by atoms with Gasteiger partial charge in [0.1, 0.15) is 9.21 Å². The molecule has 18 heavy (non-hydrogen) atoms. The Hall–Kier alpha value is -0.400. The van der Waals surface area contributed by atoms with Crippen molar-refractivity contribution in [3.05, 3.63) is 21.3 Å². The molecule has 1 atom stereocenters. The average Bonchev–Trinajstić information content (AvgIpc) is 2.56. The van der Waals surface area contributed by atoms with Gasteiger partial charge in [0.25, 0.3) is 0 Å². The average molecular weight is 394 g/mol. The maximum absolute atomic E-state index is 11.9. The molecular weight excluding hydrogens is 384 g/mol. The number of carbonyl (C=O) groups is 2. The smallest absolute Gasteiger partial charge is 0.228 e. The van der Waals surface area contributed by atoms with E-state index in [1.807, 2.05) is 0 Å². The normalized spacial score (nSPS) is 19.4. The summed E-state index contributed by atoms with van der Waals surface area (Å²) >= 11 is 7.83. The molecule has 0 spiro atoms. The fourth-order valence-corrected chi connectivity index (χ4v) is 3.85. The molecule has 1 aromatic heterocycles. The monoisotopic (exact) mass is 392 g/mol. The maximum atomic E-state index is 11.9. The molecule has 4 nitrogen and oxygen atoms in total. The summed E-state index contributed by atoms with van der Waals surface area (Å²) in [5, 5.41) is 0.0902. The van der Waals surface area contributed by atoms with Gasteiger partial charge in [0, 0.05) is 30.8 Å². The van der Waals surface area contributed by atoms with E-state index < -0.39 is 0 Å². The second kappa shape index (κ2) is 5.71. The molecule has 7 heteroatoms. The van der Waals surface area contributed by atoms with Gasteiger partial charge in [0.05, 0.1) is 0 Å². The molecular formula is C11H10Br2N2O2S. The number of rotatable bonds is 2. The zero-order valence-corrected chi connectivity index (χ0v) is 13.5. The van der Waals surface area contributed by atoms with Crippen LogP contribution in [0.25, 0.3) is 0 Å². The lowest BCUT2D eigenvalue weighted by atomic mass is 10.3. The van der Waals surface area contributed by atoms with Crippen LogP contribution in [-0.2, 0) is 9.59 Å². The Bertz CT molecular complexity index is 490. The van der Waals surface area contributed by atoms with Gasteiger partial charge in [-0.3, -0.25) is 9.59 Å². The Balaban J connectivity index is 2.18. The standard InChI is InChI=1S/C11H10Br2N2O2S/c1-6(16)18-8-4-11(17)15(5-8)7-2-9(12)14-10(13)3-7/h2-3,8H,4-5H2,1H3. The van der Waals surface area contributed by atoms with Gasteiger partial charge in [0.2, 0.25) is 5.91 Å². The lowest BCUT2D eigenvalue weighted by Crippen LogP contribution is -2.25. The molecule has 1 saturated heterocycles. The Morgan fingerprint density at radius 3 is 2.61 bits per heavy atom. The maximum Gasteiger partial charge on any atom is 0.228 e. The zero-order chi connectivity index (χ0) is 13.3. The van der Waals surface area contributed by atoms with E-state index in [9.17, 15) is 9.59 Å². The molecule has 0 N–H and O–H groups in total. The Morgan fingerprint density at radius 2 is 2.06 bits per heavy atom. The highest BCUT2D eigenvalue weighted by Crippen LogP contribution is 2.30. The first kappa shape index (κ1) is 14.0. The van der Waals surface area contributed by atoms with Crippen LogP contribution in [0.4, 0.5) is 5.69 Å². The van der Waals surface area contributed by atoms with Crippen molar-refractivity contribution >= 4 is 60.3 Å². The second-order valence-electron chi connectivity index (χ2n) is 3.91. The van der Waals surface area contributed by atoms with Crippen LogP contribution in [0.3, 0.4) is 0 Å². The van der Waals surface area contributed by atoms with Crippen molar-refractivity contribution < 1.29 is 9.59 Å². The van der Waals surface area contributed by atoms with Crippen LogP contribution in [0.1, 0.15) is 13.3 Å². The Morgan fingerprint density at radius 1 is 1.44 bits per heavy atom. The molecule has 0 saturated carbocycles. The molecule has 0 aliphatic carbocycles. The first-order valence-electron chi connectivity index (χ1n) is 5.26. The van der Waals surface area contributed by atoms with Gasteiger partial charge >= 0.3 is 0 Å². The van der Waals surface area contributed by atoms with E-state index >= 15 is 0 Å². The van der Waals surface area contributed by atoms with E-state index in [-0.39, 0.29) is 16.3 Å². The van der Waals surface area contributed by atoms with Crippen molar-refractivity contribution in [1.29, 1.82) is 0 Å². The first-order valence-corrected chi connectivity index (χ1v) is 7.73. The fraction of sp³-hybridized carbons (Fsp3) is 0.364. The zero-order valence-electron chi connectivity index (χ0n) is 9.52. The highest BCUT2D eigenvalue weighted by molar-refractivity contribution is 9.11. The van der Waals surface area contributed by atoms with E-state index in [0.29, 0.717) is 22.2 Å². The van der Waals surface area contributed by atoms with E-state index in [2.05, 4.69) is 36.8 Å². The van der Waals surface area contributed by atoms with Crippen molar-refractivity contribution in [2.75, 3.05) is 11.4 Å². The highest BCUT2D eigenvalue weighted by Gasteiger charge is 2.32. The van der Waals surface area contributed by atoms with Crippen molar-refractivity contribution in [1.82, 2.24) is 4.98 Å². The van der Waals surface area contributed by atoms with Crippen molar-refractivity contribution in [3.63, 3.8) is 0 Å². The second-order valence-corrected chi connectivity index (χ2v) is 7.01. The fourth-order valence-electron chi connectivity index (χ4n) is 1.85. The van der Waals surface area contributed by atoms with Crippen molar-refractivity contribution in [2.45, 2.75) is 18.6 Å². The summed E-state index contributed by atoms with van der Waals surface area (Å²) in [6.45, 7) is 2.09. The SMILES string of the molecule is CC(=O)SC1CC(=O)N(c2cc(Br)nc(Br)c2)C1. The van der Waals surface area contributed by atoms with Crippen LogP contribution in [-0.4, -0.2) is 27.8 Å². The molecule has 1 fully saturated rings. The van der Waals surface area contributed by atoms with Gasteiger partial charge in [-0.05, 0) is 44.0 Å². The number of pyridine rings is 1. The van der Waals surface area contributed by atoms with Crippen LogP contribution in [0.5, 0.6) is 0 Å². The number of hydrogen-bond donors (Lipinski definition) is 0. The Labute approximate surface area is 126 Å². The molecule has 2 heterocycles. The summed E-state index contributed by atoms with van der Waals surface area (Å²) < 4.78 is 1.34. The number of carbonyl (C=O) groups excluding carboxylic acids is 2. The quantitative estimate of drug-likeness (QED) is 0.724. The summed E-state index contributed by atoms with van der Waals surface area (Å²) in [5.74, 6) is 0.0405.